The number of methoxy groups -OCH3 is 1. The van der Waals surface area contributed by atoms with Crippen molar-refractivity contribution in [2.75, 3.05) is 13.7 Å². The summed E-state index contributed by atoms with van der Waals surface area (Å²) in [6, 6.07) is 5.49. The van der Waals surface area contributed by atoms with Crippen LogP contribution in [0.15, 0.2) is 24.4 Å². The number of carbonyl (C=O) groups is 2. The van der Waals surface area contributed by atoms with Gasteiger partial charge in [0.15, 0.2) is 6.29 Å². The Morgan fingerprint density at radius 1 is 1.43 bits per heavy atom. The number of aldehydes is 1. The molecule has 0 spiro atoms. The van der Waals surface area contributed by atoms with Crippen LogP contribution in [0.1, 0.15) is 30.1 Å². The van der Waals surface area contributed by atoms with Crippen molar-refractivity contribution in [2.45, 2.75) is 26.3 Å². The van der Waals surface area contributed by atoms with Crippen LogP contribution in [0.25, 0.3) is 10.9 Å². The molecule has 1 N–H and O–H groups in total. The van der Waals surface area contributed by atoms with Crippen LogP contribution in [-0.4, -0.2) is 30.4 Å². The molecule has 0 fully saturated rings. The number of carbonyl (C=O) groups excluding carboxylic acids is 2. The van der Waals surface area contributed by atoms with E-state index in [0.29, 0.717) is 17.9 Å². The van der Waals surface area contributed by atoms with E-state index in [1.165, 1.54) is 0 Å². The van der Waals surface area contributed by atoms with E-state index in [2.05, 4.69) is 12.2 Å². The SMILES string of the molecule is CCCCNC(=O)Cn1cc(C=O)c2cc(OC)ccc21. The number of benzene rings is 1. The zero-order valence-corrected chi connectivity index (χ0v) is 12.4. The molecule has 1 amide bonds. The van der Waals surface area contributed by atoms with Gasteiger partial charge in [-0.05, 0) is 24.6 Å². The van der Waals surface area contributed by atoms with E-state index >= 15 is 0 Å². The van der Waals surface area contributed by atoms with E-state index in [1.54, 1.807) is 17.9 Å². The van der Waals surface area contributed by atoms with Gasteiger partial charge in [-0.1, -0.05) is 13.3 Å². The van der Waals surface area contributed by atoms with Gasteiger partial charge < -0.3 is 14.6 Å². The quantitative estimate of drug-likeness (QED) is 0.628. The molecule has 0 saturated heterocycles. The highest BCUT2D eigenvalue weighted by atomic mass is 16.5. The fraction of sp³-hybridized carbons (Fsp3) is 0.375. The maximum Gasteiger partial charge on any atom is 0.239 e. The smallest absolute Gasteiger partial charge is 0.239 e. The standard InChI is InChI=1S/C16H20N2O3/c1-3-4-7-17-16(20)10-18-9-12(11-19)14-8-13(21-2)5-6-15(14)18/h5-6,8-9,11H,3-4,7,10H2,1-2H3,(H,17,20). The highest BCUT2D eigenvalue weighted by Gasteiger charge is 2.11. The van der Waals surface area contributed by atoms with Crippen LogP contribution >= 0.6 is 0 Å². The summed E-state index contributed by atoms with van der Waals surface area (Å²) in [5.74, 6) is 0.643. The Labute approximate surface area is 123 Å². The normalized spacial score (nSPS) is 10.6. The highest BCUT2D eigenvalue weighted by Crippen LogP contribution is 2.25. The lowest BCUT2D eigenvalue weighted by atomic mass is 10.2. The van der Waals surface area contributed by atoms with Crippen LogP contribution in [0.2, 0.25) is 0 Å². The first-order chi connectivity index (χ1) is 10.2. The number of rotatable bonds is 7. The molecule has 0 aliphatic heterocycles. The lowest BCUT2D eigenvalue weighted by molar-refractivity contribution is -0.121. The van der Waals surface area contributed by atoms with Gasteiger partial charge in [0.2, 0.25) is 5.91 Å². The number of unbranched alkanes of at least 4 members (excludes halogenated alkanes) is 1. The van der Waals surface area contributed by atoms with E-state index < -0.39 is 0 Å². The molecule has 0 bridgehead atoms. The number of hydrogen-bond donors (Lipinski definition) is 1. The van der Waals surface area contributed by atoms with Crippen LogP contribution in [0.5, 0.6) is 5.75 Å². The van der Waals surface area contributed by atoms with Crippen molar-refractivity contribution in [3.8, 4) is 5.75 Å². The van der Waals surface area contributed by atoms with Gasteiger partial charge in [0.25, 0.3) is 0 Å². The Morgan fingerprint density at radius 3 is 2.90 bits per heavy atom. The third-order valence-corrected chi connectivity index (χ3v) is 3.41. The number of nitrogens with zero attached hydrogens (tertiary/aromatic N) is 1. The minimum Gasteiger partial charge on any atom is -0.497 e. The number of aromatic nitrogens is 1. The second kappa shape index (κ2) is 6.92. The van der Waals surface area contributed by atoms with E-state index in [-0.39, 0.29) is 12.5 Å². The van der Waals surface area contributed by atoms with Crippen LogP contribution in [0, 0.1) is 0 Å². The van der Waals surface area contributed by atoms with Crippen molar-refractivity contribution in [1.29, 1.82) is 0 Å². The van der Waals surface area contributed by atoms with Gasteiger partial charge in [-0.15, -0.1) is 0 Å². The minimum atomic E-state index is -0.0476. The first-order valence-corrected chi connectivity index (χ1v) is 7.08. The van der Waals surface area contributed by atoms with Crippen LogP contribution in [0.4, 0.5) is 0 Å². The first-order valence-electron chi connectivity index (χ1n) is 7.08. The molecule has 0 atom stereocenters. The lowest BCUT2D eigenvalue weighted by Gasteiger charge is -2.07. The Hall–Kier alpha value is -2.30. The second-order valence-corrected chi connectivity index (χ2v) is 4.92. The fourth-order valence-corrected chi connectivity index (χ4v) is 2.27. The Bertz CT molecular complexity index is 646. The third-order valence-electron chi connectivity index (χ3n) is 3.41. The molecule has 0 aliphatic carbocycles. The summed E-state index contributed by atoms with van der Waals surface area (Å²) in [6.07, 6.45) is 4.51. The summed E-state index contributed by atoms with van der Waals surface area (Å²) in [5.41, 5.74) is 1.41. The molecule has 1 aromatic carbocycles. The summed E-state index contributed by atoms with van der Waals surface area (Å²) in [7, 11) is 1.58. The van der Waals surface area contributed by atoms with Crippen molar-refractivity contribution in [2.24, 2.45) is 0 Å². The first kappa shape index (κ1) is 15.1. The topological polar surface area (TPSA) is 60.3 Å². The summed E-state index contributed by atoms with van der Waals surface area (Å²) in [6.45, 7) is 2.97. The Morgan fingerprint density at radius 2 is 2.24 bits per heavy atom. The van der Waals surface area contributed by atoms with E-state index in [0.717, 1.165) is 30.0 Å². The second-order valence-electron chi connectivity index (χ2n) is 4.92. The van der Waals surface area contributed by atoms with Crippen LogP contribution in [0.3, 0.4) is 0 Å². The lowest BCUT2D eigenvalue weighted by Crippen LogP contribution is -2.28. The molecule has 1 aromatic heterocycles. The molecule has 5 heteroatoms. The van der Waals surface area contributed by atoms with Crippen LogP contribution < -0.4 is 10.1 Å². The molecule has 0 aliphatic rings. The maximum absolute atomic E-state index is 11.9. The molecule has 5 nitrogen and oxygen atoms in total. The van der Waals surface area contributed by atoms with Gasteiger partial charge in [-0.25, -0.2) is 0 Å². The number of nitrogens with one attached hydrogen (secondary N) is 1. The molecular weight excluding hydrogens is 268 g/mol. The summed E-state index contributed by atoms with van der Waals surface area (Å²) in [5, 5.41) is 3.67. The predicted octanol–water partition coefficient (Wildman–Crippen LogP) is 2.38. The summed E-state index contributed by atoms with van der Waals surface area (Å²) < 4.78 is 6.96. The summed E-state index contributed by atoms with van der Waals surface area (Å²) in [4.78, 5) is 23.1. The van der Waals surface area contributed by atoms with Gasteiger partial charge in [0, 0.05) is 29.2 Å². The number of fused-ring (bicyclic) bond motifs is 1. The molecule has 2 rings (SSSR count). The monoisotopic (exact) mass is 288 g/mol. The number of hydrogen-bond acceptors (Lipinski definition) is 3. The minimum absolute atomic E-state index is 0.0476. The third kappa shape index (κ3) is 3.42. The zero-order chi connectivity index (χ0) is 15.2. The molecule has 21 heavy (non-hydrogen) atoms. The largest absolute Gasteiger partial charge is 0.497 e. The predicted molar refractivity (Wildman–Crippen MR) is 81.8 cm³/mol. The van der Waals surface area contributed by atoms with Crippen molar-refractivity contribution in [3.05, 3.63) is 30.0 Å². The molecular formula is C16H20N2O3. The van der Waals surface area contributed by atoms with E-state index in [9.17, 15) is 9.59 Å². The molecule has 2 aromatic rings. The molecule has 0 unspecified atom stereocenters. The number of amides is 1. The van der Waals surface area contributed by atoms with Crippen molar-refractivity contribution < 1.29 is 14.3 Å². The fourth-order valence-electron chi connectivity index (χ4n) is 2.27. The highest BCUT2D eigenvalue weighted by molar-refractivity contribution is 5.98. The molecule has 1 heterocycles. The van der Waals surface area contributed by atoms with Crippen molar-refractivity contribution in [1.82, 2.24) is 9.88 Å². The number of ether oxygens (including phenoxy) is 1. The van der Waals surface area contributed by atoms with E-state index in [1.807, 2.05) is 18.2 Å². The molecule has 0 saturated carbocycles. The van der Waals surface area contributed by atoms with Gasteiger partial charge in [0.05, 0.1) is 7.11 Å². The molecule has 0 radical (unpaired) electrons. The van der Waals surface area contributed by atoms with E-state index in [4.69, 9.17) is 4.74 Å². The van der Waals surface area contributed by atoms with Gasteiger partial charge in [-0.3, -0.25) is 9.59 Å². The average Bonchev–Trinajstić information content (AvgIpc) is 2.84. The van der Waals surface area contributed by atoms with Crippen LogP contribution in [-0.2, 0) is 11.3 Å². The zero-order valence-electron chi connectivity index (χ0n) is 12.4. The van der Waals surface area contributed by atoms with Gasteiger partial charge in [0.1, 0.15) is 12.3 Å². The summed E-state index contributed by atoms with van der Waals surface area (Å²) >= 11 is 0. The van der Waals surface area contributed by atoms with Gasteiger partial charge >= 0.3 is 0 Å². The van der Waals surface area contributed by atoms with Gasteiger partial charge in [-0.2, -0.15) is 0 Å². The van der Waals surface area contributed by atoms with Crippen molar-refractivity contribution in [3.63, 3.8) is 0 Å². The van der Waals surface area contributed by atoms with Crippen molar-refractivity contribution >= 4 is 23.1 Å². The average molecular weight is 288 g/mol. The Kier molecular flexibility index (Phi) is 4.98. The maximum atomic E-state index is 11.9. The Balaban J connectivity index is 2.24. The molecule has 112 valence electrons.